The van der Waals surface area contributed by atoms with Gasteiger partial charge in [0.2, 0.25) is 11.9 Å². The molecule has 3 aromatic rings. The zero-order chi connectivity index (χ0) is 22.5. The number of ether oxygens (including phenoxy) is 1. The van der Waals surface area contributed by atoms with Crippen LogP contribution in [0.2, 0.25) is 0 Å². The molecule has 1 N–H and O–H groups in total. The van der Waals surface area contributed by atoms with Crippen LogP contribution in [-0.2, 0) is 4.79 Å². The van der Waals surface area contributed by atoms with Crippen LogP contribution in [0.1, 0.15) is 42.4 Å². The standard InChI is InChI=1S/C24H26FN5O2/c1-16-14-17(2)27-24(26-16)29-22-10-4-8-20(28-22)21-9-5-12-30(21)23(31)11-13-32-19-7-3-6-18(25)15-19/h3-4,6-8,10,14-15,21H,5,9,11-13H2,1-2H3,(H,26,27,28,29)/t21-/m1/s1. The van der Waals surface area contributed by atoms with E-state index in [-0.39, 0.29) is 30.8 Å². The summed E-state index contributed by atoms with van der Waals surface area (Å²) in [5.74, 6) is 1.20. The van der Waals surface area contributed by atoms with Gasteiger partial charge in [0.15, 0.2) is 0 Å². The van der Waals surface area contributed by atoms with Gasteiger partial charge in [0.25, 0.3) is 0 Å². The first-order valence-corrected chi connectivity index (χ1v) is 10.7. The molecule has 0 aliphatic carbocycles. The summed E-state index contributed by atoms with van der Waals surface area (Å²) in [4.78, 5) is 28.2. The summed E-state index contributed by atoms with van der Waals surface area (Å²) in [6.45, 7) is 4.72. The Bertz CT molecular complexity index is 1090. The minimum atomic E-state index is -0.362. The molecule has 1 aromatic carbocycles. The van der Waals surface area contributed by atoms with Crippen molar-refractivity contribution in [3.05, 3.63) is 71.4 Å². The molecular weight excluding hydrogens is 409 g/mol. The molecule has 8 heteroatoms. The van der Waals surface area contributed by atoms with Gasteiger partial charge in [-0.25, -0.2) is 19.3 Å². The number of pyridine rings is 1. The van der Waals surface area contributed by atoms with E-state index in [4.69, 9.17) is 9.72 Å². The van der Waals surface area contributed by atoms with Crippen LogP contribution in [-0.4, -0.2) is 38.9 Å². The number of aryl methyl sites for hydroxylation is 2. The van der Waals surface area contributed by atoms with Gasteiger partial charge in [0, 0.05) is 24.0 Å². The third-order valence-electron chi connectivity index (χ3n) is 5.29. The molecule has 3 heterocycles. The first kappa shape index (κ1) is 21.7. The lowest BCUT2D eigenvalue weighted by Crippen LogP contribution is -2.32. The van der Waals surface area contributed by atoms with Crippen molar-refractivity contribution in [2.24, 2.45) is 0 Å². The number of nitrogens with one attached hydrogen (secondary N) is 1. The highest BCUT2D eigenvalue weighted by atomic mass is 19.1. The highest BCUT2D eigenvalue weighted by Crippen LogP contribution is 2.32. The summed E-state index contributed by atoms with van der Waals surface area (Å²) < 4.78 is 18.8. The molecule has 4 rings (SSSR count). The summed E-state index contributed by atoms with van der Waals surface area (Å²) in [6.07, 6.45) is 2.00. The normalized spacial score (nSPS) is 15.6. The predicted octanol–water partition coefficient (Wildman–Crippen LogP) is 4.50. The molecule has 0 spiro atoms. The Morgan fingerprint density at radius 3 is 2.69 bits per heavy atom. The second-order valence-electron chi connectivity index (χ2n) is 7.85. The van der Waals surface area contributed by atoms with E-state index < -0.39 is 0 Å². The van der Waals surface area contributed by atoms with Gasteiger partial charge in [-0.2, -0.15) is 0 Å². The number of carbonyl (C=O) groups is 1. The molecule has 1 amide bonds. The maximum absolute atomic E-state index is 13.3. The minimum Gasteiger partial charge on any atom is -0.493 e. The molecule has 1 atom stereocenters. The number of halogens is 1. The molecular formula is C24H26FN5O2. The first-order valence-electron chi connectivity index (χ1n) is 10.7. The Kier molecular flexibility index (Phi) is 6.58. The van der Waals surface area contributed by atoms with Gasteiger partial charge in [-0.15, -0.1) is 0 Å². The van der Waals surface area contributed by atoms with E-state index in [1.54, 1.807) is 12.1 Å². The fourth-order valence-electron chi connectivity index (χ4n) is 3.93. The zero-order valence-corrected chi connectivity index (χ0v) is 18.2. The number of anilines is 2. The summed E-state index contributed by atoms with van der Waals surface area (Å²) in [5.41, 5.74) is 2.59. The van der Waals surface area contributed by atoms with Gasteiger partial charge >= 0.3 is 0 Å². The van der Waals surface area contributed by atoms with E-state index in [2.05, 4.69) is 15.3 Å². The van der Waals surface area contributed by atoms with Gasteiger partial charge < -0.3 is 15.0 Å². The Labute approximate surface area is 186 Å². The number of hydrogen-bond acceptors (Lipinski definition) is 6. The maximum Gasteiger partial charge on any atom is 0.228 e. The number of nitrogens with zero attached hydrogens (tertiary/aromatic N) is 4. The molecule has 166 valence electrons. The van der Waals surface area contributed by atoms with Gasteiger partial charge in [-0.05, 0) is 57.0 Å². The lowest BCUT2D eigenvalue weighted by Gasteiger charge is -2.25. The highest BCUT2D eigenvalue weighted by molar-refractivity contribution is 5.77. The van der Waals surface area contributed by atoms with Crippen LogP contribution < -0.4 is 10.1 Å². The Morgan fingerprint density at radius 2 is 1.91 bits per heavy atom. The number of aromatic nitrogens is 3. The first-order chi connectivity index (χ1) is 15.5. The smallest absolute Gasteiger partial charge is 0.228 e. The molecule has 2 aromatic heterocycles. The van der Waals surface area contributed by atoms with Gasteiger partial charge in [-0.1, -0.05) is 12.1 Å². The van der Waals surface area contributed by atoms with Crippen LogP contribution in [0.15, 0.2) is 48.5 Å². The topological polar surface area (TPSA) is 80.2 Å². The van der Waals surface area contributed by atoms with Crippen LogP contribution in [0, 0.1) is 19.7 Å². The average Bonchev–Trinajstić information content (AvgIpc) is 3.23. The second-order valence-corrected chi connectivity index (χ2v) is 7.85. The molecule has 1 fully saturated rings. The molecule has 32 heavy (non-hydrogen) atoms. The van der Waals surface area contributed by atoms with Crippen molar-refractivity contribution in [1.82, 2.24) is 19.9 Å². The molecule has 0 unspecified atom stereocenters. The maximum atomic E-state index is 13.3. The van der Waals surface area contributed by atoms with Crippen molar-refractivity contribution < 1.29 is 13.9 Å². The second kappa shape index (κ2) is 9.72. The van der Waals surface area contributed by atoms with E-state index in [9.17, 15) is 9.18 Å². The van der Waals surface area contributed by atoms with Crippen molar-refractivity contribution in [3.8, 4) is 5.75 Å². The van der Waals surface area contributed by atoms with Crippen molar-refractivity contribution in [2.45, 2.75) is 39.2 Å². The van der Waals surface area contributed by atoms with Crippen LogP contribution in [0.4, 0.5) is 16.2 Å². The van der Waals surface area contributed by atoms with Crippen LogP contribution in [0.25, 0.3) is 0 Å². The van der Waals surface area contributed by atoms with Crippen LogP contribution >= 0.6 is 0 Å². The summed E-state index contributed by atoms with van der Waals surface area (Å²) in [5, 5.41) is 3.16. The number of hydrogen-bond donors (Lipinski definition) is 1. The van der Waals surface area contributed by atoms with Gasteiger partial charge in [0.1, 0.15) is 17.4 Å². The number of amides is 1. The largest absolute Gasteiger partial charge is 0.493 e. The highest BCUT2D eigenvalue weighted by Gasteiger charge is 2.30. The molecule has 1 aliphatic heterocycles. The number of carbonyl (C=O) groups excluding carboxylic acids is 1. The van der Waals surface area contributed by atoms with E-state index in [1.807, 2.05) is 43.0 Å². The fraction of sp³-hybridized carbons (Fsp3) is 0.333. The molecule has 1 aliphatic rings. The average molecular weight is 436 g/mol. The van der Waals surface area contributed by atoms with Crippen LogP contribution in [0.3, 0.4) is 0 Å². The third kappa shape index (κ3) is 5.38. The summed E-state index contributed by atoms with van der Waals surface area (Å²) in [7, 11) is 0. The van der Waals surface area contributed by atoms with Crippen molar-refractivity contribution >= 4 is 17.7 Å². The molecule has 0 radical (unpaired) electrons. The van der Waals surface area contributed by atoms with E-state index in [0.717, 1.165) is 29.9 Å². The number of rotatable bonds is 7. The van der Waals surface area contributed by atoms with E-state index in [0.29, 0.717) is 24.1 Å². The van der Waals surface area contributed by atoms with E-state index >= 15 is 0 Å². The Balaban J connectivity index is 1.40. The number of likely N-dealkylation sites (tertiary alicyclic amines) is 1. The van der Waals surface area contributed by atoms with Crippen molar-refractivity contribution in [3.63, 3.8) is 0 Å². The molecule has 7 nitrogen and oxygen atoms in total. The van der Waals surface area contributed by atoms with Crippen molar-refractivity contribution in [2.75, 3.05) is 18.5 Å². The lowest BCUT2D eigenvalue weighted by atomic mass is 10.1. The fourth-order valence-corrected chi connectivity index (χ4v) is 3.93. The minimum absolute atomic E-state index is 0.00158. The summed E-state index contributed by atoms with van der Waals surface area (Å²) in [6, 6.07) is 13.5. The predicted molar refractivity (Wildman–Crippen MR) is 119 cm³/mol. The molecule has 1 saturated heterocycles. The lowest BCUT2D eigenvalue weighted by molar-refractivity contribution is -0.132. The van der Waals surface area contributed by atoms with Gasteiger partial charge in [-0.3, -0.25) is 4.79 Å². The SMILES string of the molecule is Cc1cc(C)nc(Nc2cccc([C@H]3CCCN3C(=O)CCOc3cccc(F)c3)n2)n1. The van der Waals surface area contributed by atoms with E-state index in [1.165, 1.54) is 12.1 Å². The molecule has 0 bridgehead atoms. The Morgan fingerprint density at radius 1 is 1.12 bits per heavy atom. The third-order valence-corrected chi connectivity index (χ3v) is 5.29. The summed E-state index contributed by atoms with van der Waals surface area (Å²) >= 11 is 0. The Hall–Kier alpha value is -3.55. The monoisotopic (exact) mass is 435 g/mol. The zero-order valence-electron chi connectivity index (χ0n) is 18.2. The molecule has 0 saturated carbocycles. The van der Waals surface area contributed by atoms with Gasteiger partial charge in [0.05, 0.1) is 24.8 Å². The van der Waals surface area contributed by atoms with Crippen molar-refractivity contribution in [1.29, 1.82) is 0 Å². The number of benzene rings is 1. The van der Waals surface area contributed by atoms with Crippen LogP contribution in [0.5, 0.6) is 5.75 Å². The quantitative estimate of drug-likeness (QED) is 0.588.